The summed E-state index contributed by atoms with van der Waals surface area (Å²) in [6, 6.07) is 0.341. The van der Waals surface area contributed by atoms with Crippen LogP contribution in [0.15, 0.2) is 6.33 Å². The Hall–Kier alpha value is -1.59. The average molecular weight is 209 g/mol. The van der Waals surface area contributed by atoms with Crippen molar-refractivity contribution >= 4 is 11.9 Å². The first-order chi connectivity index (χ1) is 7.13. The van der Waals surface area contributed by atoms with E-state index in [1.807, 2.05) is 0 Å². The predicted molar refractivity (Wildman–Crippen MR) is 54.8 cm³/mol. The lowest BCUT2D eigenvalue weighted by atomic mass is 9.82. The van der Waals surface area contributed by atoms with Crippen LogP contribution in [-0.4, -0.2) is 26.7 Å². The van der Waals surface area contributed by atoms with Crippen LogP contribution in [0.2, 0.25) is 0 Å². The Balaban J connectivity index is 1.77. The maximum absolute atomic E-state index is 11.5. The Bertz CT molecular complexity index is 355. The third kappa shape index (κ3) is 2.45. The predicted octanol–water partition coefficient (Wildman–Crippen LogP) is -0.225. The molecule has 1 aliphatic carbocycles. The van der Waals surface area contributed by atoms with E-state index in [0.717, 1.165) is 18.8 Å². The van der Waals surface area contributed by atoms with Gasteiger partial charge in [-0.2, -0.15) is 0 Å². The molecule has 1 aromatic heterocycles. The minimum absolute atomic E-state index is 0.0307. The number of hydrogen-bond donors (Lipinski definition) is 2. The summed E-state index contributed by atoms with van der Waals surface area (Å²) in [4.78, 5) is 15.2. The number of nitrogens with one attached hydrogen (secondary N) is 1. The summed E-state index contributed by atoms with van der Waals surface area (Å²) in [5.41, 5.74) is 5.34. The standard InChI is InChI=1S/C9H15N5O/c1-6-2-7(3-6)12-8(15)4-14-5-11-9(10)13-14/h5-7H,2-4H2,1H3,(H2,10,13)(H,12,15). The number of rotatable bonds is 3. The maximum atomic E-state index is 11.5. The summed E-state index contributed by atoms with van der Waals surface area (Å²) in [6.07, 6.45) is 3.61. The molecule has 0 spiro atoms. The zero-order valence-electron chi connectivity index (χ0n) is 8.68. The lowest BCUT2D eigenvalue weighted by molar-refractivity contribution is -0.123. The third-order valence-corrected chi connectivity index (χ3v) is 2.60. The zero-order chi connectivity index (χ0) is 10.8. The van der Waals surface area contributed by atoms with E-state index in [0.29, 0.717) is 6.04 Å². The normalized spacial score (nSPS) is 24.6. The van der Waals surface area contributed by atoms with Crippen LogP contribution in [0.25, 0.3) is 0 Å². The molecule has 0 bridgehead atoms. The smallest absolute Gasteiger partial charge is 0.242 e. The molecule has 6 heteroatoms. The van der Waals surface area contributed by atoms with Crippen LogP contribution in [-0.2, 0) is 11.3 Å². The van der Waals surface area contributed by atoms with Crippen LogP contribution in [0.3, 0.4) is 0 Å². The van der Waals surface area contributed by atoms with Gasteiger partial charge in [0.05, 0.1) is 0 Å². The molecule has 6 nitrogen and oxygen atoms in total. The number of amides is 1. The van der Waals surface area contributed by atoms with E-state index >= 15 is 0 Å². The quantitative estimate of drug-likeness (QED) is 0.720. The molecule has 1 aromatic rings. The van der Waals surface area contributed by atoms with Crippen LogP contribution >= 0.6 is 0 Å². The van der Waals surface area contributed by atoms with Gasteiger partial charge in [0.1, 0.15) is 12.9 Å². The van der Waals surface area contributed by atoms with Crippen molar-refractivity contribution in [3.63, 3.8) is 0 Å². The Kier molecular flexibility index (Phi) is 2.57. The SMILES string of the molecule is CC1CC(NC(=O)Cn2cnc(N)n2)C1. The molecule has 2 rings (SSSR count). The van der Waals surface area contributed by atoms with Crippen LogP contribution in [0.4, 0.5) is 5.95 Å². The number of nitrogens with two attached hydrogens (primary N) is 1. The summed E-state index contributed by atoms with van der Waals surface area (Å²) < 4.78 is 1.44. The van der Waals surface area contributed by atoms with E-state index in [-0.39, 0.29) is 18.4 Å². The first-order valence-electron chi connectivity index (χ1n) is 5.08. The molecule has 1 aliphatic rings. The molecular weight excluding hydrogens is 194 g/mol. The third-order valence-electron chi connectivity index (χ3n) is 2.60. The van der Waals surface area contributed by atoms with Crippen molar-refractivity contribution in [2.24, 2.45) is 5.92 Å². The van der Waals surface area contributed by atoms with Gasteiger partial charge in [0.2, 0.25) is 11.9 Å². The Labute approximate surface area is 87.9 Å². The van der Waals surface area contributed by atoms with E-state index in [2.05, 4.69) is 22.3 Å². The monoisotopic (exact) mass is 209 g/mol. The van der Waals surface area contributed by atoms with E-state index in [1.54, 1.807) is 0 Å². The second-order valence-electron chi connectivity index (χ2n) is 4.14. The van der Waals surface area contributed by atoms with Gasteiger partial charge < -0.3 is 11.1 Å². The number of nitrogens with zero attached hydrogens (tertiary/aromatic N) is 3. The van der Waals surface area contributed by atoms with Gasteiger partial charge in [-0.25, -0.2) is 9.67 Å². The molecule has 1 amide bonds. The molecule has 1 heterocycles. The summed E-state index contributed by atoms with van der Waals surface area (Å²) in [5, 5.41) is 6.78. The molecule has 1 fully saturated rings. The first kappa shape index (κ1) is 9.95. The van der Waals surface area contributed by atoms with Crippen molar-refractivity contribution in [2.45, 2.75) is 32.4 Å². The highest BCUT2D eigenvalue weighted by Crippen LogP contribution is 2.25. The van der Waals surface area contributed by atoms with E-state index in [4.69, 9.17) is 5.73 Å². The lowest BCUT2D eigenvalue weighted by Crippen LogP contribution is -2.44. The van der Waals surface area contributed by atoms with Crippen molar-refractivity contribution in [1.82, 2.24) is 20.1 Å². The molecule has 82 valence electrons. The Morgan fingerprint density at radius 3 is 3.00 bits per heavy atom. The van der Waals surface area contributed by atoms with Gasteiger partial charge in [0, 0.05) is 6.04 Å². The maximum Gasteiger partial charge on any atom is 0.242 e. The van der Waals surface area contributed by atoms with Crippen LogP contribution in [0.5, 0.6) is 0 Å². The molecule has 0 aliphatic heterocycles. The molecule has 0 saturated heterocycles. The van der Waals surface area contributed by atoms with E-state index in [1.165, 1.54) is 11.0 Å². The lowest BCUT2D eigenvalue weighted by Gasteiger charge is -2.33. The number of anilines is 1. The van der Waals surface area contributed by atoms with Gasteiger partial charge in [-0.3, -0.25) is 4.79 Å². The first-order valence-corrected chi connectivity index (χ1v) is 5.08. The molecular formula is C9H15N5O. The van der Waals surface area contributed by atoms with Gasteiger partial charge in [-0.1, -0.05) is 6.92 Å². The summed E-state index contributed by atoms with van der Waals surface area (Å²) in [7, 11) is 0. The van der Waals surface area contributed by atoms with Crippen molar-refractivity contribution in [2.75, 3.05) is 5.73 Å². The van der Waals surface area contributed by atoms with Gasteiger partial charge >= 0.3 is 0 Å². The largest absolute Gasteiger partial charge is 0.367 e. The topological polar surface area (TPSA) is 85.8 Å². The summed E-state index contributed by atoms with van der Waals surface area (Å²) in [5.74, 6) is 0.897. The number of carbonyl (C=O) groups is 1. The van der Waals surface area contributed by atoms with Crippen LogP contribution < -0.4 is 11.1 Å². The molecule has 0 unspecified atom stereocenters. The fourth-order valence-corrected chi connectivity index (χ4v) is 1.83. The minimum Gasteiger partial charge on any atom is -0.367 e. The van der Waals surface area contributed by atoms with Crippen LogP contribution in [0, 0.1) is 5.92 Å². The van der Waals surface area contributed by atoms with E-state index < -0.39 is 0 Å². The second kappa shape index (κ2) is 3.88. The molecule has 3 N–H and O–H groups in total. The van der Waals surface area contributed by atoms with Gasteiger partial charge in [0.25, 0.3) is 0 Å². The fraction of sp³-hybridized carbons (Fsp3) is 0.667. The molecule has 0 aromatic carbocycles. The number of carbonyl (C=O) groups excluding carboxylic acids is 1. The molecule has 0 radical (unpaired) electrons. The summed E-state index contributed by atoms with van der Waals surface area (Å²) in [6.45, 7) is 2.37. The Morgan fingerprint density at radius 1 is 1.73 bits per heavy atom. The van der Waals surface area contributed by atoms with Gasteiger partial charge in [-0.15, -0.1) is 5.10 Å². The van der Waals surface area contributed by atoms with Crippen molar-refractivity contribution in [1.29, 1.82) is 0 Å². The van der Waals surface area contributed by atoms with Crippen molar-refractivity contribution < 1.29 is 4.79 Å². The summed E-state index contributed by atoms with van der Waals surface area (Å²) >= 11 is 0. The Morgan fingerprint density at radius 2 is 2.47 bits per heavy atom. The number of hydrogen-bond acceptors (Lipinski definition) is 4. The van der Waals surface area contributed by atoms with Crippen molar-refractivity contribution in [3.05, 3.63) is 6.33 Å². The van der Waals surface area contributed by atoms with Crippen LogP contribution in [0.1, 0.15) is 19.8 Å². The van der Waals surface area contributed by atoms with Crippen molar-refractivity contribution in [3.8, 4) is 0 Å². The van der Waals surface area contributed by atoms with E-state index in [9.17, 15) is 4.79 Å². The zero-order valence-corrected chi connectivity index (χ0v) is 8.68. The molecule has 1 saturated carbocycles. The van der Waals surface area contributed by atoms with Gasteiger partial charge in [0.15, 0.2) is 0 Å². The van der Waals surface area contributed by atoms with Gasteiger partial charge in [-0.05, 0) is 18.8 Å². The highest BCUT2D eigenvalue weighted by atomic mass is 16.2. The molecule has 0 atom stereocenters. The molecule has 15 heavy (non-hydrogen) atoms. The highest BCUT2D eigenvalue weighted by Gasteiger charge is 2.26. The number of aromatic nitrogens is 3. The minimum atomic E-state index is -0.0307. The highest BCUT2D eigenvalue weighted by molar-refractivity contribution is 5.76. The average Bonchev–Trinajstić information content (AvgIpc) is 2.48. The second-order valence-corrected chi connectivity index (χ2v) is 4.14. The fourth-order valence-electron chi connectivity index (χ4n) is 1.83. The number of nitrogen functional groups attached to an aromatic ring is 1.